The zero-order valence-electron chi connectivity index (χ0n) is 12.9. The van der Waals surface area contributed by atoms with Gasteiger partial charge >= 0.3 is 0 Å². The van der Waals surface area contributed by atoms with Crippen LogP contribution in [-0.4, -0.2) is 17.2 Å². The molecule has 0 saturated heterocycles. The van der Waals surface area contributed by atoms with E-state index in [1.54, 1.807) is 24.4 Å². The molecule has 0 spiro atoms. The maximum atomic E-state index is 5.94. The number of nitrogens with two attached hydrogens (primary N) is 1. The minimum absolute atomic E-state index is 0.379. The number of nitrogens with one attached hydrogen (secondary N) is 1. The number of hydrogen-bond acceptors (Lipinski definition) is 5. The second-order valence-corrected chi connectivity index (χ2v) is 5.97. The van der Waals surface area contributed by atoms with E-state index in [2.05, 4.69) is 10.4 Å². The first-order valence-electron chi connectivity index (χ1n) is 6.91. The van der Waals surface area contributed by atoms with Crippen LogP contribution in [0.4, 0.5) is 5.82 Å². The predicted octanol–water partition coefficient (Wildman–Crippen LogP) is 3.57. The van der Waals surface area contributed by atoms with Crippen molar-refractivity contribution in [2.45, 2.75) is 26.4 Å². The van der Waals surface area contributed by atoms with Gasteiger partial charge in [0, 0.05) is 16.8 Å². The maximum Gasteiger partial charge on any atom is 0.146 e. The van der Waals surface area contributed by atoms with Crippen molar-refractivity contribution in [1.29, 1.82) is 0 Å². The van der Waals surface area contributed by atoms with Gasteiger partial charge in [-0.15, -0.1) is 0 Å². The smallest absolute Gasteiger partial charge is 0.146 e. The second kappa shape index (κ2) is 6.85. The Kier molecular flexibility index (Phi) is 5.11. The molecule has 0 atom stereocenters. The number of ether oxygens (including phenoxy) is 2. The van der Waals surface area contributed by atoms with E-state index in [0.29, 0.717) is 17.4 Å². The summed E-state index contributed by atoms with van der Waals surface area (Å²) in [5.74, 6) is 7.47. The monoisotopic (exact) mass is 321 g/mol. The van der Waals surface area contributed by atoms with Crippen molar-refractivity contribution in [3.05, 3.63) is 47.1 Å². The number of hydrazine groups is 1. The highest BCUT2D eigenvalue weighted by Crippen LogP contribution is 2.25. The van der Waals surface area contributed by atoms with Crippen molar-refractivity contribution in [3.8, 4) is 11.5 Å². The first-order chi connectivity index (χ1) is 10.4. The molecule has 0 amide bonds. The Morgan fingerprint density at radius 3 is 2.55 bits per heavy atom. The highest BCUT2D eigenvalue weighted by Gasteiger charge is 2.22. The molecule has 5 nitrogen and oxygen atoms in total. The molecule has 0 saturated carbocycles. The molecule has 118 valence electrons. The summed E-state index contributed by atoms with van der Waals surface area (Å²) in [7, 11) is 0. The van der Waals surface area contributed by atoms with Gasteiger partial charge in [-0.1, -0.05) is 11.6 Å². The van der Waals surface area contributed by atoms with Crippen LogP contribution in [0.15, 0.2) is 36.5 Å². The van der Waals surface area contributed by atoms with Crippen LogP contribution in [0.5, 0.6) is 11.5 Å². The minimum atomic E-state index is -0.500. The van der Waals surface area contributed by atoms with Gasteiger partial charge < -0.3 is 14.9 Å². The highest BCUT2D eigenvalue weighted by atomic mass is 35.5. The number of aromatic nitrogens is 1. The molecule has 2 rings (SSSR count). The molecular formula is C16H20ClN3O2. The quantitative estimate of drug-likeness (QED) is 0.629. The van der Waals surface area contributed by atoms with Crippen molar-refractivity contribution < 1.29 is 9.47 Å². The fourth-order valence-corrected chi connectivity index (χ4v) is 2.05. The number of nitrogen functional groups attached to an aromatic ring is 1. The molecule has 0 aliphatic rings. The molecule has 0 radical (unpaired) electrons. The van der Waals surface area contributed by atoms with Gasteiger partial charge in [0.05, 0.1) is 0 Å². The lowest BCUT2D eigenvalue weighted by molar-refractivity contribution is 0.0518. The summed E-state index contributed by atoms with van der Waals surface area (Å²) in [5, 5.41) is 0.677. The molecule has 0 bridgehead atoms. The molecule has 0 fully saturated rings. The van der Waals surface area contributed by atoms with Crippen LogP contribution in [0.2, 0.25) is 5.02 Å². The Morgan fingerprint density at radius 2 is 1.91 bits per heavy atom. The molecule has 0 aliphatic carbocycles. The normalized spacial score (nSPS) is 11.1. The highest BCUT2D eigenvalue weighted by molar-refractivity contribution is 6.30. The van der Waals surface area contributed by atoms with E-state index in [9.17, 15) is 0 Å². The Balaban J connectivity index is 2.01. The van der Waals surface area contributed by atoms with Gasteiger partial charge in [-0.2, -0.15) is 0 Å². The fourth-order valence-electron chi connectivity index (χ4n) is 1.92. The van der Waals surface area contributed by atoms with Crippen LogP contribution in [0, 0.1) is 6.92 Å². The lowest BCUT2D eigenvalue weighted by atomic mass is 10.1. The zero-order chi connectivity index (χ0) is 16.2. The van der Waals surface area contributed by atoms with Gasteiger partial charge in [-0.05, 0) is 51.1 Å². The minimum Gasteiger partial charge on any atom is -0.489 e. The lowest BCUT2D eigenvalue weighted by Crippen LogP contribution is -2.35. The molecule has 6 heteroatoms. The average Bonchev–Trinajstić information content (AvgIpc) is 2.48. The summed E-state index contributed by atoms with van der Waals surface area (Å²) in [6.45, 7) is 6.19. The fraction of sp³-hybridized carbons (Fsp3) is 0.312. The van der Waals surface area contributed by atoms with Crippen LogP contribution >= 0.6 is 11.6 Å². The van der Waals surface area contributed by atoms with Gasteiger partial charge in [-0.3, -0.25) is 0 Å². The third-order valence-electron chi connectivity index (χ3n) is 3.07. The summed E-state index contributed by atoms with van der Waals surface area (Å²) in [5.41, 5.74) is 2.90. The van der Waals surface area contributed by atoms with Gasteiger partial charge in [0.1, 0.15) is 29.5 Å². The van der Waals surface area contributed by atoms with Gasteiger partial charge in [0.25, 0.3) is 0 Å². The molecule has 2 aromatic rings. The molecule has 22 heavy (non-hydrogen) atoms. The van der Waals surface area contributed by atoms with Crippen molar-refractivity contribution in [2.75, 3.05) is 12.0 Å². The van der Waals surface area contributed by atoms with Gasteiger partial charge in [0.15, 0.2) is 0 Å². The van der Waals surface area contributed by atoms with Crippen molar-refractivity contribution >= 4 is 17.4 Å². The van der Waals surface area contributed by atoms with Crippen LogP contribution < -0.4 is 20.7 Å². The predicted molar refractivity (Wildman–Crippen MR) is 88.4 cm³/mol. The van der Waals surface area contributed by atoms with Crippen LogP contribution in [0.25, 0.3) is 0 Å². The van der Waals surface area contributed by atoms with Crippen molar-refractivity contribution in [2.24, 2.45) is 5.84 Å². The van der Waals surface area contributed by atoms with Crippen LogP contribution in [0.3, 0.4) is 0 Å². The van der Waals surface area contributed by atoms with E-state index in [0.717, 1.165) is 17.1 Å². The summed E-state index contributed by atoms with van der Waals surface area (Å²) in [6, 6.07) is 9.05. The number of rotatable bonds is 6. The number of anilines is 1. The Bertz CT molecular complexity index is 630. The summed E-state index contributed by atoms with van der Waals surface area (Å²) in [4.78, 5) is 4.12. The maximum absolute atomic E-state index is 5.94. The summed E-state index contributed by atoms with van der Waals surface area (Å²) < 4.78 is 11.8. The van der Waals surface area contributed by atoms with E-state index < -0.39 is 5.60 Å². The van der Waals surface area contributed by atoms with E-state index in [1.807, 2.05) is 32.9 Å². The topological polar surface area (TPSA) is 69.4 Å². The number of benzene rings is 1. The standard InChI is InChI=1S/C16H20ClN3O2/c1-11-14(8-9-19-15(11)20-18)21-10-16(2,3)22-13-6-4-12(17)5-7-13/h4-9H,10,18H2,1-3H3,(H,19,20). The average molecular weight is 322 g/mol. The number of pyridine rings is 1. The Labute approximate surface area is 135 Å². The van der Waals surface area contributed by atoms with Gasteiger partial charge in [0.2, 0.25) is 0 Å². The largest absolute Gasteiger partial charge is 0.489 e. The number of hydrogen-bond donors (Lipinski definition) is 2. The first kappa shape index (κ1) is 16.4. The molecule has 0 aliphatic heterocycles. The summed E-state index contributed by atoms with van der Waals surface area (Å²) >= 11 is 5.87. The molecule has 1 heterocycles. The lowest BCUT2D eigenvalue weighted by Gasteiger charge is -2.27. The molecule has 3 N–H and O–H groups in total. The van der Waals surface area contributed by atoms with Gasteiger partial charge in [-0.25, -0.2) is 10.8 Å². The SMILES string of the molecule is Cc1c(OCC(C)(C)Oc2ccc(Cl)cc2)ccnc1NN. The van der Waals surface area contributed by atoms with Crippen LogP contribution in [-0.2, 0) is 0 Å². The second-order valence-electron chi connectivity index (χ2n) is 5.53. The van der Waals surface area contributed by atoms with E-state index in [4.69, 9.17) is 26.9 Å². The Morgan fingerprint density at radius 1 is 1.23 bits per heavy atom. The zero-order valence-corrected chi connectivity index (χ0v) is 13.6. The molecule has 1 aromatic carbocycles. The third kappa shape index (κ3) is 4.26. The van der Waals surface area contributed by atoms with E-state index >= 15 is 0 Å². The van der Waals surface area contributed by atoms with E-state index in [-0.39, 0.29) is 0 Å². The third-order valence-corrected chi connectivity index (χ3v) is 3.33. The molecular weight excluding hydrogens is 302 g/mol. The molecule has 0 unspecified atom stereocenters. The Hall–Kier alpha value is -1.98. The van der Waals surface area contributed by atoms with Crippen molar-refractivity contribution in [3.63, 3.8) is 0 Å². The number of halogens is 1. The van der Waals surface area contributed by atoms with E-state index in [1.165, 1.54) is 0 Å². The van der Waals surface area contributed by atoms with Crippen molar-refractivity contribution in [1.82, 2.24) is 4.98 Å². The van der Waals surface area contributed by atoms with Crippen LogP contribution in [0.1, 0.15) is 19.4 Å². The number of nitrogens with zero attached hydrogens (tertiary/aromatic N) is 1. The molecule has 1 aromatic heterocycles. The summed E-state index contributed by atoms with van der Waals surface area (Å²) in [6.07, 6.45) is 1.64. The first-order valence-corrected chi connectivity index (χ1v) is 7.29.